The molecule has 8 heteroatoms. The Morgan fingerprint density at radius 1 is 1.03 bits per heavy atom. The first-order valence-corrected chi connectivity index (χ1v) is 9.49. The Kier molecular flexibility index (Phi) is 5.07. The van der Waals surface area contributed by atoms with E-state index in [2.05, 4.69) is 10.4 Å². The van der Waals surface area contributed by atoms with Crippen LogP contribution in [0.15, 0.2) is 48.8 Å². The lowest BCUT2D eigenvalue weighted by molar-refractivity contribution is 0.0670. The van der Waals surface area contributed by atoms with Crippen LogP contribution < -0.4 is 10.2 Å². The predicted molar refractivity (Wildman–Crippen MR) is 110 cm³/mol. The molecule has 4 rings (SSSR count). The number of methoxy groups -OCH3 is 1. The Morgan fingerprint density at radius 2 is 1.76 bits per heavy atom. The lowest BCUT2D eigenvalue weighted by Crippen LogP contribution is -2.52. The zero-order chi connectivity index (χ0) is 20.4. The van der Waals surface area contributed by atoms with E-state index in [9.17, 15) is 9.59 Å². The van der Waals surface area contributed by atoms with Gasteiger partial charge in [-0.2, -0.15) is 0 Å². The molecule has 29 heavy (non-hydrogen) atoms. The summed E-state index contributed by atoms with van der Waals surface area (Å²) in [5.41, 5.74) is 6.08. The molecule has 1 aliphatic rings. The molecule has 0 saturated carbocycles. The number of rotatable bonds is 3. The summed E-state index contributed by atoms with van der Waals surface area (Å²) in [5.74, 6) is 0.644. The summed E-state index contributed by atoms with van der Waals surface area (Å²) in [6.45, 7) is 3.83. The minimum Gasteiger partial charge on any atom is -0.496 e. The Hall–Kier alpha value is -3.55. The van der Waals surface area contributed by atoms with Crippen molar-refractivity contribution in [2.24, 2.45) is 0 Å². The summed E-state index contributed by atoms with van der Waals surface area (Å²) in [6, 6.07) is 12.8. The van der Waals surface area contributed by atoms with Gasteiger partial charge in [-0.15, -0.1) is 0 Å². The molecule has 1 aromatic heterocycles. The lowest BCUT2D eigenvalue weighted by Gasteiger charge is -2.34. The number of para-hydroxylation sites is 2. The van der Waals surface area contributed by atoms with Crippen LogP contribution in [0.3, 0.4) is 0 Å². The van der Waals surface area contributed by atoms with Gasteiger partial charge in [-0.1, -0.05) is 18.2 Å². The topological polar surface area (TPSA) is 79.7 Å². The normalized spacial score (nSPS) is 14.1. The first-order chi connectivity index (χ1) is 14.1. The van der Waals surface area contributed by atoms with Crippen molar-refractivity contribution in [3.05, 3.63) is 59.9 Å². The molecule has 0 bridgehead atoms. The minimum atomic E-state index is -0.211. The quantitative estimate of drug-likeness (QED) is 0.741. The second-order valence-corrected chi connectivity index (χ2v) is 6.98. The first-order valence-electron chi connectivity index (χ1n) is 9.49. The Labute approximate surface area is 168 Å². The fraction of sp³-hybridized carbons (Fsp3) is 0.286. The van der Waals surface area contributed by atoms with Gasteiger partial charge in [-0.3, -0.25) is 4.79 Å². The number of piperazine rings is 1. The lowest BCUT2D eigenvalue weighted by atomic mass is 10.1. The highest BCUT2D eigenvalue weighted by Gasteiger charge is 2.25. The molecule has 2 aromatic carbocycles. The van der Waals surface area contributed by atoms with Crippen LogP contribution in [0.1, 0.15) is 15.9 Å². The van der Waals surface area contributed by atoms with Gasteiger partial charge in [0.1, 0.15) is 12.1 Å². The van der Waals surface area contributed by atoms with Gasteiger partial charge >= 0.3 is 6.03 Å². The molecule has 1 fully saturated rings. The number of nitrogens with zero attached hydrogens (tertiary/aromatic N) is 4. The molecular formula is C21H23N5O3. The molecule has 3 aromatic rings. The van der Waals surface area contributed by atoms with E-state index in [4.69, 9.17) is 4.74 Å². The zero-order valence-electron chi connectivity index (χ0n) is 16.5. The van der Waals surface area contributed by atoms with Crippen molar-refractivity contribution in [2.75, 3.05) is 38.7 Å². The SMILES string of the molecule is COc1cc(C(=O)N2CCN(C(=O)Nn3cnc4ccccc43)CC2)ccc1C. The highest BCUT2D eigenvalue weighted by atomic mass is 16.5. The van der Waals surface area contributed by atoms with Crippen LogP contribution >= 0.6 is 0 Å². The number of amides is 3. The second kappa shape index (κ2) is 7.83. The average molecular weight is 393 g/mol. The van der Waals surface area contributed by atoms with Crippen LogP contribution in [0.5, 0.6) is 5.75 Å². The van der Waals surface area contributed by atoms with Crippen LogP contribution in [0.25, 0.3) is 11.0 Å². The zero-order valence-corrected chi connectivity index (χ0v) is 16.5. The van der Waals surface area contributed by atoms with Crippen molar-refractivity contribution in [2.45, 2.75) is 6.92 Å². The number of urea groups is 1. The Bertz CT molecular complexity index is 1050. The Balaban J connectivity index is 1.37. The number of carbonyl (C=O) groups is 2. The van der Waals surface area contributed by atoms with Gasteiger partial charge in [-0.25, -0.2) is 19.9 Å². The fourth-order valence-corrected chi connectivity index (χ4v) is 3.47. The van der Waals surface area contributed by atoms with Crippen LogP contribution in [0, 0.1) is 6.92 Å². The summed E-state index contributed by atoms with van der Waals surface area (Å²) in [4.78, 5) is 33.2. The van der Waals surface area contributed by atoms with Crippen LogP contribution in [-0.2, 0) is 0 Å². The number of hydrogen-bond acceptors (Lipinski definition) is 4. The molecule has 0 unspecified atom stereocenters. The van der Waals surface area contributed by atoms with E-state index >= 15 is 0 Å². The largest absolute Gasteiger partial charge is 0.496 e. The number of imidazole rings is 1. The average Bonchev–Trinajstić information content (AvgIpc) is 3.16. The molecule has 3 amide bonds. The van der Waals surface area contributed by atoms with E-state index in [1.807, 2.05) is 43.3 Å². The molecule has 1 N–H and O–H groups in total. The van der Waals surface area contributed by atoms with E-state index in [-0.39, 0.29) is 11.9 Å². The van der Waals surface area contributed by atoms with Gasteiger partial charge in [0.05, 0.1) is 18.1 Å². The fourth-order valence-electron chi connectivity index (χ4n) is 3.47. The van der Waals surface area contributed by atoms with Gasteiger partial charge in [0.2, 0.25) is 0 Å². The van der Waals surface area contributed by atoms with Crippen molar-refractivity contribution in [1.29, 1.82) is 0 Å². The number of nitrogens with one attached hydrogen (secondary N) is 1. The molecule has 0 spiro atoms. The van der Waals surface area contributed by atoms with Crippen LogP contribution in [0.2, 0.25) is 0 Å². The maximum Gasteiger partial charge on any atom is 0.336 e. The standard InChI is InChI=1S/C21H23N5O3/c1-15-7-8-16(13-19(15)29-2)20(27)24-9-11-25(12-10-24)21(28)23-26-14-22-17-5-3-4-6-18(17)26/h3-8,13-14H,9-12H2,1-2H3,(H,23,28). The molecule has 0 aliphatic carbocycles. The third kappa shape index (κ3) is 3.73. The monoisotopic (exact) mass is 393 g/mol. The number of benzene rings is 2. The molecule has 1 aliphatic heterocycles. The number of aryl methyl sites for hydroxylation is 1. The van der Waals surface area contributed by atoms with E-state index in [1.54, 1.807) is 34.0 Å². The van der Waals surface area contributed by atoms with Crippen molar-refractivity contribution < 1.29 is 14.3 Å². The molecule has 150 valence electrons. The summed E-state index contributed by atoms with van der Waals surface area (Å²) in [5, 5.41) is 0. The van der Waals surface area contributed by atoms with Crippen molar-refractivity contribution in [1.82, 2.24) is 19.5 Å². The van der Waals surface area contributed by atoms with Gasteiger partial charge < -0.3 is 14.5 Å². The molecular weight excluding hydrogens is 370 g/mol. The van der Waals surface area contributed by atoms with Gasteiger partial charge in [0, 0.05) is 31.7 Å². The maximum absolute atomic E-state index is 12.8. The van der Waals surface area contributed by atoms with E-state index in [1.165, 1.54) is 0 Å². The van der Waals surface area contributed by atoms with Crippen LogP contribution in [-0.4, -0.2) is 64.7 Å². The summed E-state index contributed by atoms with van der Waals surface area (Å²) in [7, 11) is 1.59. The predicted octanol–water partition coefficient (Wildman–Crippen LogP) is 2.47. The van der Waals surface area contributed by atoms with Crippen molar-refractivity contribution in [3.8, 4) is 5.75 Å². The van der Waals surface area contributed by atoms with Crippen molar-refractivity contribution in [3.63, 3.8) is 0 Å². The second-order valence-electron chi connectivity index (χ2n) is 6.98. The Morgan fingerprint density at radius 3 is 2.52 bits per heavy atom. The van der Waals surface area contributed by atoms with Gasteiger partial charge in [0.15, 0.2) is 0 Å². The number of ether oxygens (including phenoxy) is 1. The molecule has 1 saturated heterocycles. The summed E-state index contributed by atoms with van der Waals surface area (Å²) in [6.07, 6.45) is 1.59. The smallest absolute Gasteiger partial charge is 0.336 e. The number of fused-ring (bicyclic) bond motifs is 1. The number of carbonyl (C=O) groups excluding carboxylic acids is 2. The van der Waals surface area contributed by atoms with Gasteiger partial charge in [-0.05, 0) is 36.8 Å². The van der Waals surface area contributed by atoms with Crippen molar-refractivity contribution >= 4 is 23.0 Å². The van der Waals surface area contributed by atoms with Gasteiger partial charge in [0.25, 0.3) is 5.91 Å². The molecule has 2 heterocycles. The molecule has 0 radical (unpaired) electrons. The number of aromatic nitrogens is 2. The first kappa shape index (κ1) is 18.8. The number of hydrogen-bond donors (Lipinski definition) is 1. The summed E-state index contributed by atoms with van der Waals surface area (Å²) >= 11 is 0. The molecule has 0 atom stereocenters. The maximum atomic E-state index is 12.8. The third-order valence-electron chi connectivity index (χ3n) is 5.18. The van der Waals surface area contributed by atoms with E-state index in [0.29, 0.717) is 37.5 Å². The minimum absolute atomic E-state index is 0.0519. The van der Waals surface area contributed by atoms with Crippen LogP contribution in [0.4, 0.5) is 4.79 Å². The molecule has 8 nitrogen and oxygen atoms in total. The third-order valence-corrected chi connectivity index (χ3v) is 5.18. The van der Waals surface area contributed by atoms with E-state index < -0.39 is 0 Å². The summed E-state index contributed by atoms with van der Waals surface area (Å²) < 4.78 is 6.93. The van der Waals surface area contributed by atoms with E-state index in [0.717, 1.165) is 16.6 Å². The highest BCUT2D eigenvalue weighted by Crippen LogP contribution is 2.20. The highest BCUT2D eigenvalue weighted by molar-refractivity contribution is 5.95.